The zero-order valence-corrected chi connectivity index (χ0v) is 6.96. The van der Waals surface area contributed by atoms with E-state index in [1.165, 1.54) is 23.4 Å². The third kappa shape index (κ3) is 2.53. The van der Waals surface area contributed by atoms with Crippen molar-refractivity contribution in [3.8, 4) is 0 Å². The lowest BCUT2D eigenvalue weighted by Crippen LogP contribution is -2.21. The van der Waals surface area contributed by atoms with E-state index in [9.17, 15) is 0 Å². The summed E-state index contributed by atoms with van der Waals surface area (Å²) in [5.74, 6) is 0. The van der Waals surface area contributed by atoms with Crippen LogP contribution in [0.3, 0.4) is 0 Å². The monoisotopic (exact) mass is 140 g/mol. The Hall–Kier alpha value is 0.232. The summed E-state index contributed by atoms with van der Waals surface area (Å²) in [7, 11) is 0. The fourth-order valence-corrected chi connectivity index (χ4v) is 3.33. The van der Waals surface area contributed by atoms with Gasteiger partial charge in [0, 0.05) is 6.61 Å². The quantitative estimate of drug-likeness (QED) is 0.421. The summed E-state index contributed by atoms with van der Waals surface area (Å²) in [5, 5.41) is 2.53. The van der Waals surface area contributed by atoms with Crippen molar-refractivity contribution in [3.63, 3.8) is 0 Å². The summed E-state index contributed by atoms with van der Waals surface area (Å²) < 4.78 is 5.59. The normalized spacial score (nSPS) is 19.8. The molecule has 0 aromatic carbocycles. The topological polar surface area (TPSA) is 9.23 Å². The highest BCUT2D eigenvalue weighted by Crippen LogP contribution is 2.13. The van der Waals surface area contributed by atoms with Crippen molar-refractivity contribution in [3.05, 3.63) is 12.7 Å². The predicted molar refractivity (Wildman–Crippen MR) is 40.8 cm³/mol. The molecule has 0 aromatic heterocycles. The van der Waals surface area contributed by atoms with Crippen molar-refractivity contribution in [1.29, 1.82) is 0 Å². The number of rotatable bonds is 2. The Morgan fingerprint density at radius 2 is 2.44 bits per heavy atom. The Morgan fingerprint density at radius 1 is 1.56 bits per heavy atom. The highest BCUT2D eigenvalue weighted by atomic mass is 27.2. The Kier molecular flexibility index (Phi) is 3.35. The standard InChI is InChI=1S/C4H8O.C3H5.Al/c1-2-3-4-5;1-3-2;/h1-4H2;3H,1-2H2;/q-1;;+1. The van der Waals surface area contributed by atoms with Crippen LogP contribution >= 0.6 is 0 Å². The summed E-state index contributed by atoms with van der Waals surface area (Å²) in [6, 6.07) is 0. The zero-order valence-electron chi connectivity index (χ0n) is 5.81. The molecule has 50 valence electrons. The summed E-state index contributed by atoms with van der Waals surface area (Å²) in [6.07, 6.45) is 4.67. The van der Waals surface area contributed by atoms with Crippen LogP contribution in [0.4, 0.5) is 0 Å². The molecule has 0 amide bonds. The lowest BCUT2D eigenvalue weighted by molar-refractivity contribution is 0.288. The third-order valence-corrected chi connectivity index (χ3v) is 4.32. The van der Waals surface area contributed by atoms with Crippen LogP contribution in [-0.4, -0.2) is 21.1 Å². The molecule has 1 aliphatic rings. The first-order chi connectivity index (χ1) is 4.43. The van der Waals surface area contributed by atoms with E-state index in [4.69, 9.17) is 3.79 Å². The first-order valence-electron chi connectivity index (χ1n) is 3.66. The van der Waals surface area contributed by atoms with Gasteiger partial charge < -0.3 is 3.79 Å². The van der Waals surface area contributed by atoms with Gasteiger partial charge in [0.05, 0.1) is 0 Å². The molecule has 0 unspecified atom stereocenters. The molecule has 0 spiro atoms. The Morgan fingerprint density at radius 3 is 3.00 bits per heavy atom. The van der Waals surface area contributed by atoms with E-state index in [-0.39, 0.29) is 0 Å². The van der Waals surface area contributed by atoms with Gasteiger partial charge in [-0.25, -0.2) is 0 Å². The molecular formula is C7H13AlO. The first-order valence-corrected chi connectivity index (χ1v) is 5.76. The van der Waals surface area contributed by atoms with Gasteiger partial charge in [-0.2, -0.15) is 0 Å². The summed E-state index contributed by atoms with van der Waals surface area (Å²) >= 11 is -0.744. The van der Waals surface area contributed by atoms with Gasteiger partial charge in [0.1, 0.15) is 0 Å². The number of hydrogen-bond donors (Lipinski definition) is 0. The van der Waals surface area contributed by atoms with E-state index in [1.54, 1.807) is 0 Å². The van der Waals surface area contributed by atoms with Crippen LogP contribution in [0, 0.1) is 0 Å². The number of allylic oxidation sites excluding steroid dienone is 1. The van der Waals surface area contributed by atoms with Crippen LogP contribution in [0.5, 0.6) is 0 Å². The van der Waals surface area contributed by atoms with E-state index >= 15 is 0 Å². The van der Waals surface area contributed by atoms with Gasteiger partial charge in [0.25, 0.3) is 0 Å². The molecule has 1 fully saturated rings. The molecule has 9 heavy (non-hydrogen) atoms. The minimum absolute atomic E-state index is 0.744. The molecule has 1 saturated heterocycles. The van der Waals surface area contributed by atoms with Gasteiger partial charge in [-0.3, -0.25) is 0 Å². The molecule has 2 heteroatoms. The lowest BCUT2D eigenvalue weighted by Gasteiger charge is -2.16. The third-order valence-electron chi connectivity index (χ3n) is 1.70. The Bertz CT molecular complexity index is 86.9. The summed E-state index contributed by atoms with van der Waals surface area (Å²) in [4.78, 5) is 0. The van der Waals surface area contributed by atoms with E-state index in [1.807, 2.05) is 6.08 Å². The van der Waals surface area contributed by atoms with Crippen molar-refractivity contribution < 1.29 is 3.79 Å². The molecule has 0 radical (unpaired) electrons. The van der Waals surface area contributed by atoms with Crippen LogP contribution in [0.25, 0.3) is 0 Å². The van der Waals surface area contributed by atoms with E-state index in [0.717, 1.165) is 6.61 Å². The first kappa shape index (κ1) is 7.34. The van der Waals surface area contributed by atoms with Crippen molar-refractivity contribution in [1.82, 2.24) is 0 Å². The van der Waals surface area contributed by atoms with Crippen molar-refractivity contribution in [2.45, 2.75) is 23.4 Å². The molecule has 1 aliphatic heterocycles. The van der Waals surface area contributed by atoms with Crippen LogP contribution in [0.2, 0.25) is 10.6 Å². The van der Waals surface area contributed by atoms with Crippen molar-refractivity contribution >= 4 is 14.5 Å². The maximum absolute atomic E-state index is 5.59. The maximum atomic E-state index is 5.59. The van der Waals surface area contributed by atoms with Gasteiger partial charge >= 0.3 is 14.5 Å². The van der Waals surface area contributed by atoms with Gasteiger partial charge in [0.15, 0.2) is 0 Å². The fraction of sp³-hybridized carbons (Fsp3) is 0.714. The summed E-state index contributed by atoms with van der Waals surface area (Å²) in [6.45, 7) is 4.73. The van der Waals surface area contributed by atoms with E-state index in [0.29, 0.717) is 0 Å². The predicted octanol–water partition coefficient (Wildman–Crippen LogP) is 1.97. The zero-order chi connectivity index (χ0) is 6.53. The van der Waals surface area contributed by atoms with Crippen LogP contribution < -0.4 is 0 Å². The van der Waals surface area contributed by atoms with Crippen LogP contribution in [0.15, 0.2) is 12.7 Å². The minimum atomic E-state index is -0.744. The molecular weight excluding hydrogens is 127 g/mol. The average molecular weight is 140 g/mol. The van der Waals surface area contributed by atoms with Crippen molar-refractivity contribution in [2.75, 3.05) is 6.61 Å². The van der Waals surface area contributed by atoms with Gasteiger partial charge in [-0.1, -0.05) is 17.0 Å². The fourth-order valence-electron chi connectivity index (χ4n) is 1.18. The van der Waals surface area contributed by atoms with E-state index < -0.39 is 14.5 Å². The van der Waals surface area contributed by atoms with Crippen LogP contribution in [0.1, 0.15) is 12.8 Å². The lowest BCUT2D eigenvalue weighted by atomic mass is 10.4. The SMILES string of the molecule is C=C[CH2][Al]1[CH2]CCC[O]1. The summed E-state index contributed by atoms with van der Waals surface area (Å²) in [5.41, 5.74) is 0. The molecule has 1 heterocycles. The second kappa shape index (κ2) is 4.11. The van der Waals surface area contributed by atoms with Gasteiger partial charge in [-0.05, 0) is 6.42 Å². The molecule has 0 aromatic rings. The maximum Gasteiger partial charge on any atom is 0.464 e. The van der Waals surface area contributed by atoms with Crippen molar-refractivity contribution in [2.24, 2.45) is 0 Å². The van der Waals surface area contributed by atoms with Crippen LogP contribution in [-0.2, 0) is 3.79 Å². The smallest absolute Gasteiger partial charge is 0.464 e. The molecule has 1 nitrogen and oxygen atoms in total. The Balaban J connectivity index is 2.15. The van der Waals surface area contributed by atoms with Gasteiger partial charge in [-0.15, -0.1) is 12.7 Å². The number of hydrogen-bond acceptors (Lipinski definition) is 1. The molecule has 0 aliphatic carbocycles. The average Bonchev–Trinajstić information content (AvgIpc) is 1.91. The highest BCUT2D eigenvalue weighted by Gasteiger charge is 2.20. The molecule has 0 atom stereocenters. The molecule has 0 bridgehead atoms. The van der Waals surface area contributed by atoms with E-state index in [2.05, 4.69) is 6.58 Å². The highest BCUT2D eigenvalue weighted by molar-refractivity contribution is 6.52. The second-order valence-corrected chi connectivity index (χ2v) is 5.14. The van der Waals surface area contributed by atoms with Gasteiger partial charge in [0.2, 0.25) is 0 Å². The molecule has 0 N–H and O–H groups in total. The molecule has 0 saturated carbocycles. The largest absolute Gasteiger partial charge is 0.500 e. The second-order valence-electron chi connectivity index (χ2n) is 2.51. The Labute approximate surface area is 61.4 Å². The molecule has 1 rings (SSSR count). The minimum Gasteiger partial charge on any atom is -0.500 e.